The summed E-state index contributed by atoms with van der Waals surface area (Å²) in [6.07, 6.45) is 2.28. The Bertz CT molecular complexity index is 534. The van der Waals surface area contributed by atoms with Crippen LogP contribution in [0.1, 0.15) is 58.4 Å². The average Bonchev–Trinajstić information content (AvgIpc) is 2.58. The van der Waals surface area contributed by atoms with Crippen molar-refractivity contribution >= 4 is 17.5 Å². The third-order valence-corrected chi connectivity index (χ3v) is 4.81. The summed E-state index contributed by atoms with van der Waals surface area (Å²) >= 11 is 0. The van der Waals surface area contributed by atoms with Crippen LogP contribution < -0.4 is 10.6 Å². The first-order chi connectivity index (χ1) is 11.4. The quantitative estimate of drug-likeness (QED) is 0.639. The maximum atomic E-state index is 12.0. The molecule has 0 saturated heterocycles. The third kappa shape index (κ3) is 5.64. The second-order valence-electron chi connectivity index (χ2n) is 6.59. The van der Waals surface area contributed by atoms with Crippen LogP contribution in [-0.2, 0) is 9.59 Å². The molecule has 0 unspecified atom stereocenters. The van der Waals surface area contributed by atoms with Crippen LogP contribution in [0.25, 0.3) is 0 Å². The van der Waals surface area contributed by atoms with E-state index in [1.165, 1.54) is 5.56 Å². The van der Waals surface area contributed by atoms with Gasteiger partial charge in [-0.05, 0) is 48.3 Å². The molecule has 0 atom stereocenters. The van der Waals surface area contributed by atoms with Crippen molar-refractivity contribution in [3.63, 3.8) is 0 Å². The molecular formula is C19H30N2O3. The highest BCUT2D eigenvalue weighted by Gasteiger charge is 2.27. The van der Waals surface area contributed by atoms with Crippen molar-refractivity contribution in [1.29, 1.82) is 0 Å². The number of nitrogens with one attached hydrogen (secondary N) is 2. The number of benzene rings is 1. The fourth-order valence-corrected chi connectivity index (χ4v) is 2.67. The van der Waals surface area contributed by atoms with Gasteiger partial charge in [-0.2, -0.15) is 0 Å². The minimum Gasteiger partial charge on any atom is -0.396 e. The molecule has 3 N–H and O–H groups in total. The second-order valence-corrected chi connectivity index (χ2v) is 6.59. The lowest BCUT2D eigenvalue weighted by Gasteiger charge is -2.31. The Hall–Kier alpha value is -1.88. The molecular weight excluding hydrogens is 304 g/mol. The molecule has 0 bridgehead atoms. The van der Waals surface area contributed by atoms with Crippen molar-refractivity contribution < 1.29 is 14.7 Å². The van der Waals surface area contributed by atoms with Crippen LogP contribution in [0.15, 0.2) is 24.3 Å². The summed E-state index contributed by atoms with van der Waals surface area (Å²) in [5, 5.41) is 14.5. The Morgan fingerprint density at radius 1 is 1.08 bits per heavy atom. The smallest absolute Gasteiger partial charge is 0.313 e. The van der Waals surface area contributed by atoms with E-state index in [9.17, 15) is 14.7 Å². The zero-order valence-electron chi connectivity index (χ0n) is 15.2. The van der Waals surface area contributed by atoms with E-state index in [4.69, 9.17) is 0 Å². The van der Waals surface area contributed by atoms with Crippen molar-refractivity contribution in [2.24, 2.45) is 5.41 Å². The number of hydrogen-bond acceptors (Lipinski definition) is 3. The fraction of sp³-hybridized carbons (Fsp3) is 0.579. The molecule has 1 rings (SSSR count). The molecule has 0 heterocycles. The second kappa shape index (κ2) is 9.42. The van der Waals surface area contributed by atoms with Gasteiger partial charge in [0.1, 0.15) is 0 Å². The van der Waals surface area contributed by atoms with Gasteiger partial charge in [0.05, 0.1) is 0 Å². The molecule has 0 aliphatic heterocycles. The molecule has 0 aliphatic rings. The number of aliphatic hydroxyl groups excluding tert-OH is 1. The lowest BCUT2D eigenvalue weighted by molar-refractivity contribution is -0.136. The van der Waals surface area contributed by atoms with Crippen LogP contribution in [0.3, 0.4) is 0 Å². The standard InChI is InChI=1S/C19H30N2O3/c1-5-19(6-2,11-12-22)13-20-17(23)18(24)21-16-9-7-15(8-10-16)14(3)4/h7-10,14,22H,5-6,11-13H2,1-4H3,(H,20,23)(H,21,24). The van der Waals surface area contributed by atoms with Gasteiger partial charge in [0.25, 0.3) is 0 Å². The Morgan fingerprint density at radius 2 is 1.67 bits per heavy atom. The van der Waals surface area contributed by atoms with Crippen molar-refractivity contribution in [3.05, 3.63) is 29.8 Å². The van der Waals surface area contributed by atoms with Crippen molar-refractivity contribution in [1.82, 2.24) is 5.32 Å². The topological polar surface area (TPSA) is 78.4 Å². The van der Waals surface area contributed by atoms with Crippen molar-refractivity contribution in [2.45, 2.75) is 52.9 Å². The lowest BCUT2D eigenvalue weighted by Crippen LogP contribution is -2.42. The first-order valence-electron chi connectivity index (χ1n) is 8.67. The number of amides is 2. The van der Waals surface area contributed by atoms with Crippen LogP contribution in [0.2, 0.25) is 0 Å². The van der Waals surface area contributed by atoms with Crippen LogP contribution in [0.5, 0.6) is 0 Å². The largest absolute Gasteiger partial charge is 0.396 e. The van der Waals surface area contributed by atoms with Crippen LogP contribution in [-0.4, -0.2) is 30.1 Å². The molecule has 2 amide bonds. The Labute approximate surface area is 144 Å². The van der Waals surface area contributed by atoms with Gasteiger partial charge in [-0.3, -0.25) is 9.59 Å². The zero-order valence-corrected chi connectivity index (χ0v) is 15.2. The van der Waals surface area contributed by atoms with Crippen LogP contribution in [0.4, 0.5) is 5.69 Å². The van der Waals surface area contributed by atoms with E-state index < -0.39 is 11.8 Å². The Balaban J connectivity index is 2.59. The van der Waals surface area contributed by atoms with E-state index in [-0.39, 0.29) is 12.0 Å². The number of rotatable bonds is 8. The average molecular weight is 334 g/mol. The summed E-state index contributed by atoms with van der Waals surface area (Å²) in [5.74, 6) is -0.898. The molecule has 24 heavy (non-hydrogen) atoms. The van der Waals surface area contributed by atoms with Gasteiger partial charge in [0.15, 0.2) is 0 Å². The lowest BCUT2D eigenvalue weighted by atomic mass is 9.79. The van der Waals surface area contributed by atoms with Gasteiger partial charge < -0.3 is 15.7 Å². The molecule has 134 valence electrons. The summed E-state index contributed by atoms with van der Waals surface area (Å²) < 4.78 is 0. The minimum atomic E-state index is -0.669. The van der Waals surface area contributed by atoms with Crippen molar-refractivity contribution in [3.8, 4) is 0 Å². The Morgan fingerprint density at radius 3 is 2.12 bits per heavy atom. The Kier molecular flexibility index (Phi) is 7.92. The molecule has 0 spiro atoms. The van der Waals surface area contributed by atoms with Crippen LogP contribution >= 0.6 is 0 Å². The summed E-state index contributed by atoms with van der Waals surface area (Å²) in [6, 6.07) is 7.49. The number of aliphatic hydroxyl groups is 1. The van der Waals surface area contributed by atoms with Crippen molar-refractivity contribution in [2.75, 3.05) is 18.5 Å². The maximum absolute atomic E-state index is 12.0. The number of hydrogen-bond donors (Lipinski definition) is 3. The molecule has 0 aromatic heterocycles. The normalized spacial score (nSPS) is 11.4. The van der Waals surface area contributed by atoms with E-state index in [2.05, 4.69) is 24.5 Å². The van der Waals surface area contributed by atoms with Gasteiger partial charge in [0, 0.05) is 18.8 Å². The summed E-state index contributed by atoms with van der Waals surface area (Å²) in [4.78, 5) is 24.0. The number of carbonyl (C=O) groups excluding carboxylic acids is 2. The molecule has 1 aromatic rings. The molecule has 1 aromatic carbocycles. The highest BCUT2D eigenvalue weighted by Crippen LogP contribution is 2.29. The van der Waals surface area contributed by atoms with E-state index in [0.29, 0.717) is 24.6 Å². The number of carbonyl (C=O) groups is 2. The first-order valence-corrected chi connectivity index (χ1v) is 8.67. The van der Waals surface area contributed by atoms with E-state index >= 15 is 0 Å². The first kappa shape index (κ1) is 20.2. The maximum Gasteiger partial charge on any atom is 0.313 e. The molecule has 0 fully saturated rings. The predicted molar refractivity (Wildman–Crippen MR) is 96.9 cm³/mol. The number of anilines is 1. The highest BCUT2D eigenvalue weighted by molar-refractivity contribution is 6.39. The summed E-state index contributed by atoms with van der Waals surface area (Å²) in [7, 11) is 0. The molecule has 5 heteroatoms. The van der Waals surface area contributed by atoms with E-state index in [1.54, 1.807) is 12.1 Å². The van der Waals surface area contributed by atoms with Crippen LogP contribution in [0, 0.1) is 5.41 Å². The molecule has 0 aliphatic carbocycles. The highest BCUT2D eigenvalue weighted by atomic mass is 16.3. The van der Waals surface area contributed by atoms with E-state index in [1.807, 2.05) is 26.0 Å². The summed E-state index contributed by atoms with van der Waals surface area (Å²) in [6.45, 7) is 8.72. The fourth-order valence-electron chi connectivity index (χ4n) is 2.67. The molecule has 0 saturated carbocycles. The monoisotopic (exact) mass is 334 g/mol. The zero-order chi connectivity index (χ0) is 18.2. The molecule has 0 radical (unpaired) electrons. The molecule has 5 nitrogen and oxygen atoms in total. The van der Waals surface area contributed by atoms with Gasteiger partial charge in [-0.1, -0.05) is 39.8 Å². The van der Waals surface area contributed by atoms with Gasteiger partial charge in [-0.25, -0.2) is 0 Å². The predicted octanol–water partition coefficient (Wildman–Crippen LogP) is 3.05. The van der Waals surface area contributed by atoms with Gasteiger partial charge in [0.2, 0.25) is 0 Å². The van der Waals surface area contributed by atoms with Gasteiger partial charge >= 0.3 is 11.8 Å². The minimum absolute atomic E-state index is 0.0753. The third-order valence-electron chi connectivity index (χ3n) is 4.81. The SMILES string of the molecule is CCC(CC)(CCO)CNC(=O)C(=O)Nc1ccc(C(C)C)cc1. The summed E-state index contributed by atoms with van der Waals surface area (Å²) in [5.41, 5.74) is 1.62. The van der Waals surface area contributed by atoms with E-state index in [0.717, 1.165) is 12.8 Å². The van der Waals surface area contributed by atoms with Gasteiger partial charge in [-0.15, -0.1) is 0 Å².